The predicted octanol–water partition coefficient (Wildman–Crippen LogP) is 0.272. The highest BCUT2D eigenvalue weighted by Gasteiger charge is 2.27. The van der Waals surface area contributed by atoms with Gasteiger partial charge in [-0.15, -0.1) is 0 Å². The molecule has 106 valence electrons. The van der Waals surface area contributed by atoms with Crippen molar-refractivity contribution in [2.45, 2.75) is 18.9 Å². The van der Waals surface area contributed by atoms with E-state index in [-0.39, 0.29) is 17.5 Å². The van der Waals surface area contributed by atoms with Gasteiger partial charge in [0, 0.05) is 6.42 Å². The molecular weight excluding hydrogens is 262 g/mol. The summed E-state index contributed by atoms with van der Waals surface area (Å²) in [6.07, 6.45) is 0.805. The molecule has 4 N–H and O–H groups in total. The molecule has 0 radical (unpaired) electrons. The normalized spacial score (nSPS) is 17.4. The summed E-state index contributed by atoms with van der Waals surface area (Å²) in [5.41, 5.74) is 6.73. The smallest absolute Gasteiger partial charge is 0.337 e. The predicted molar refractivity (Wildman–Crippen MR) is 72.0 cm³/mol. The van der Waals surface area contributed by atoms with Crippen LogP contribution in [0.2, 0.25) is 0 Å². The zero-order chi connectivity index (χ0) is 14.7. The Hall–Kier alpha value is -2.57. The molecule has 1 aromatic carbocycles. The number of nitrogen functional groups attached to an aromatic ring is 1. The summed E-state index contributed by atoms with van der Waals surface area (Å²) in [5.74, 6) is -0.967. The van der Waals surface area contributed by atoms with Crippen LogP contribution in [0.3, 0.4) is 0 Å². The number of anilines is 2. The Labute approximate surface area is 115 Å². The van der Waals surface area contributed by atoms with Crippen LogP contribution in [0.25, 0.3) is 0 Å². The van der Waals surface area contributed by atoms with Crippen LogP contribution in [-0.2, 0) is 14.3 Å². The van der Waals surface area contributed by atoms with Gasteiger partial charge in [0.25, 0.3) is 0 Å². The molecule has 1 aliphatic heterocycles. The fourth-order valence-corrected chi connectivity index (χ4v) is 1.95. The lowest BCUT2D eigenvalue weighted by atomic mass is 10.1. The van der Waals surface area contributed by atoms with Crippen molar-refractivity contribution in [2.24, 2.45) is 0 Å². The van der Waals surface area contributed by atoms with Crippen LogP contribution in [0.1, 0.15) is 23.2 Å². The fraction of sp³-hybridized carbons (Fsp3) is 0.308. The first kappa shape index (κ1) is 13.9. The minimum atomic E-state index is -0.540. The first-order chi connectivity index (χ1) is 9.51. The molecule has 1 unspecified atom stereocenters. The van der Waals surface area contributed by atoms with Crippen LogP contribution in [-0.4, -0.2) is 30.9 Å². The number of carbonyl (C=O) groups excluding carboxylic acids is 3. The summed E-state index contributed by atoms with van der Waals surface area (Å²) in [7, 11) is 1.27. The molecule has 0 spiro atoms. The first-order valence-corrected chi connectivity index (χ1v) is 6.09. The third-order valence-electron chi connectivity index (χ3n) is 3.04. The maximum Gasteiger partial charge on any atom is 0.337 e. The Bertz CT molecular complexity index is 571. The Morgan fingerprint density at radius 1 is 1.45 bits per heavy atom. The minimum absolute atomic E-state index is 0.140. The second kappa shape index (κ2) is 5.60. The largest absolute Gasteiger partial charge is 0.465 e. The summed E-state index contributed by atoms with van der Waals surface area (Å²) in [4.78, 5) is 34.3. The zero-order valence-electron chi connectivity index (χ0n) is 10.9. The van der Waals surface area contributed by atoms with Gasteiger partial charge in [0.15, 0.2) is 0 Å². The van der Waals surface area contributed by atoms with E-state index in [0.29, 0.717) is 24.1 Å². The highest BCUT2D eigenvalue weighted by molar-refractivity contribution is 6.01. The van der Waals surface area contributed by atoms with Gasteiger partial charge >= 0.3 is 5.97 Å². The van der Waals surface area contributed by atoms with E-state index in [1.54, 1.807) is 0 Å². The number of hydrogen-bond acceptors (Lipinski definition) is 5. The maximum absolute atomic E-state index is 11.9. The first-order valence-electron chi connectivity index (χ1n) is 6.09. The highest BCUT2D eigenvalue weighted by Crippen LogP contribution is 2.21. The van der Waals surface area contributed by atoms with Gasteiger partial charge in [-0.05, 0) is 24.6 Å². The molecule has 1 heterocycles. The van der Waals surface area contributed by atoms with Crippen LogP contribution in [0.15, 0.2) is 18.2 Å². The van der Waals surface area contributed by atoms with Gasteiger partial charge in [0.1, 0.15) is 6.04 Å². The van der Waals surface area contributed by atoms with Crippen LogP contribution < -0.4 is 16.4 Å². The topological polar surface area (TPSA) is 111 Å². The van der Waals surface area contributed by atoms with Crippen molar-refractivity contribution >= 4 is 29.2 Å². The SMILES string of the molecule is COC(=O)c1ccc(NC(=O)C2CCC(=O)N2)c(N)c1. The molecule has 0 aromatic heterocycles. The molecule has 7 heteroatoms. The highest BCUT2D eigenvalue weighted by atomic mass is 16.5. The van der Waals surface area contributed by atoms with Crippen LogP contribution >= 0.6 is 0 Å². The van der Waals surface area contributed by atoms with Crippen LogP contribution in [0.5, 0.6) is 0 Å². The Kier molecular flexibility index (Phi) is 3.88. The number of esters is 1. The molecule has 20 heavy (non-hydrogen) atoms. The van der Waals surface area contributed by atoms with Gasteiger partial charge in [0.05, 0.1) is 24.0 Å². The molecular formula is C13H15N3O4. The van der Waals surface area contributed by atoms with Gasteiger partial charge in [-0.25, -0.2) is 4.79 Å². The summed E-state index contributed by atoms with van der Waals surface area (Å²) in [5, 5.41) is 5.19. The van der Waals surface area contributed by atoms with E-state index in [4.69, 9.17) is 5.73 Å². The molecule has 1 atom stereocenters. The van der Waals surface area contributed by atoms with Gasteiger partial charge in [-0.2, -0.15) is 0 Å². The standard InChI is InChI=1S/C13H15N3O4/c1-20-13(19)7-2-3-9(8(14)6-7)16-12(18)10-4-5-11(17)15-10/h2-3,6,10H,4-5,14H2,1H3,(H,15,17)(H,16,18). The number of benzene rings is 1. The quantitative estimate of drug-likeness (QED) is 0.542. The number of methoxy groups -OCH3 is 1. The third-order valence-corrected chi connectivity index (χ3v) is 3.04. The van der Waals surface area contributed by atoms with Crippen molar-refractivity contribution in [1.29, 1.82) is 0 Å². The van der Waals surface area contributed by atoms with E-state index in [2.05, 4.69) is 15.4 Å². The Morgan fingerprint density at radius 2 is 2.20 bits per heavy atom. The van der Waals surface area contributed by atoms with Crippen LogP contribution in [0, 0.1) is 0 Å². The third kappa shape index (κ3) is 2.87. The monoisotopic (exact) mass is 277 g/mol. The fourth-order valence-electron chi connectivity index (χ4n) is 1.95. The lowest BCUT2D eigenvalue weighted by Crippen LogP contribution is -2.37. The van der Waals surface area contributed by atoms with Crippen molar-refractivity contribution in [1.82, 2.24) is 5.32 Å². The number of amides is 2. The summed E-state index contributed by atoms with van der Waals surface area (Å²) < 4.78 is 4.58. The van der Waals surface area contributed by atoms with Crippen LogP contribution in [0.4, 0.5) is 11.4 Å². The molecule has 1 aliphatic rings. The molecule has 0 saturated carbocycles. The average Bonchev–Trinajstić information content (AvgIpc) is 2.86. The summed E-state index contributed by atoms with van der Waals surface area (Å²) >= 11 is 0. The summed E-state index contributed by atoms with van der Waals surface area (Å²) in [6, 6.07) is 3.91. The lowest BCUT2D eigenvalue weighted by molar-refractivity contribution is -0.122. The molecule has 1 aromatic rings. The number of hydrogen-bond donors (Lipinski definition) is 3. The minimum Gasteiger partial charge on any atom is -0.465 e. The molecule has 0 bridgehead atoms. The zero-order valence-corrected chi connectivity index (χ0v) is 10.9. The van der Waals surface area contributed by atoms with Crippen molar-refractivity contribution in [3.05, 3.63) is 23.8 Å². The number of nitrogens with one attached hydrogen (secondary N) is 2. The van der Waals surface area contributed by atoms with Crippen molar-refractivity contribution in [3.8, 4) is 0 Å². The van der Waals surface area contributed by atoms with Gasteiger partial charge in [-0.3, -0.25) is 9.59 Å². The molecule has 1 fully saturated rings. The van der Waals surface area contributed by atoms with Gasteiger partial charge < -0.3 is 21.1 Å². The van der Waals surface area contributed by atoms with Crippen molar-refractivity contribution < 1.29 is 19.1 Å². The number of carbonyl (C=O) groups is 3. The second-order valence-corrected chi connectivity index (χ2v) is 4.44. The Morgan fingerprint density at radius 3 is 2.75 bits per heavy atom. The van der Waals surface area contributed by atoms with E-state index in [9.17, 15) is 14.4 Å². The molecule has 7 nitrogen and oxygen atoms in total. The van der Waals surface area contributed by atoms with E-state index in [0.717, 1.165) is 0 Å². The van der Waals surface area contributed by atoms with E-state index in [1.807, 2.05) is 0 Å². The van der Waals surface area contributed by atoms with E-state index in [1.165, 1.54) is 25.3 Å². The Balaban J connectivity index is 2.08. The van der Waals surface area contributed by atoms with Crippen molar-refractivity contribution in [3.63, 3.8) is 0 Å². The van der Waals surface area contributed by atoms with Gasteiger partial charge in [0.2, 0.25) is 11.8 Å². The average molecular weight is 277 g/mol. The number of ether oxygens (including phenoxy) is 1. The number of nitrogens with two attached hydrogens (primary N) is 1. The number of rotatable bonds is 3. The van der Waals surface area contributed by atoms with Crippen molar-refractivity contribution in [2.75, 3.05) is 18.2 Å². The van der Waals surface area contributed by atoms with E-state index >= 15 is 0 Å². The van der Waals surface area contributed by atoms with E-state index < -0.39 is 12.0 Å². The maximum atomic E-state index is 11.9. The summed E-state index contributed by atoms with van der Waals surface area (Å²) in [6.45, 7) is 0. The molecule has 0 aliphatic carbocycles. The lowest BCUT2D eigenvalue weighted by Gasteiger charge is -2.13. The molecule has 1 saturated heterocycles. The second-order valence-electron chi connectivity index (χ2n) is 4.44. The molecule has 2 amide bonds. The van der Waals surface area contributed by atoms with Gasteiger partial charge in [-0.1, -0.05) is 0 Å². The molecule has 2 rings (SSSR count).